The number of aliphatic hydroxyl groups is 1. The van der Waals surface area contributed by atoms with Gasteiger partial charge in [-0.3, -0.25) is 9.59 Å². The summed E-state index contributed by atoms with van der Waals surface area (Å²) >= 11 is 1.37. The minimum Gasteiger partial charge on any atom is -0.466 e. The molecule has 0 radical (unpaired) electrons. The molecule has 1 aliphatic rings. The predicted octanol–water partition coefficient (Wildman–Crippen LogP) is 2.88. The number of furan rings is 1. The summed E-state index contributed by atoms with van der Waals surface area (Å²) in [6.07, 6.45) is 7.17. The van der Waals surface area contributed by atoms with Crippen LogP contribution in [-0.2, 0) is 16.1 Å². The molecule has 0 saturated heterocycles. The Morgan fingerprint density at radius 2 is 1.92 bits per heavy atom. The van der Waals surface area contributed by atoms with Crippen molar-refractivity contribution in [1.29, 1.82) is 0 Å². The third-order valence-electron chi connectivity index (χ3n) is 4.58. The Kier molecular flexibility index (Phi) is 6.46. The predicted molar refractivity (Wildman–Crippen MR) is 98.6 cm³/mol. The number of thiophene rings is 1. The number of carbonyl (C=O) groups is 2. The molecule has 3 rings (SSSR count). The first-order valence-electron chi connectivity index (χ1n) is 9.02. The van der Waals surface area contributed by atoms with Crippen LogP contribution in [0.1, 0.15) is 60.1 Å². The maximum atomic E-state index is 12.0. The van der Waals surface area contributed by atoms with Gasteiger partial charge in [0.1, 0.15) is 11.9 Å². The quantitative estimate of drug-likeness (QED) is 0.553. The standard InChI is InChI=1S/C19H24N2O4S/c22-17(15-8-5-11-25-15)16-10-9-14(26-16)12-20-18(23)19(24)21-13-6-3-1-2-4-7-13/h5,8-11,13,17,22H,1-4,6-7,12H2,(H,20,23)(H,21,24). The van der Waals surface area contributed by atoms with Gasteiger partial charge in [-0.2, -0.15) is 0 Å². The highest BCUT2D eigenvalue weighted by molar-refractivity contribution is 7.12. The highest BCUT2D eigenvalue weighted by atomic mass is 32.1. The molecule has 7 heteroatoms. The molecular weight excluding hydrogens is 352 g/mol. The van der Waals surface area contributed by atoms with Crippen molar-refractivity contribution in [2.24, 2.45) is 0 Å². The highest BCUT2D eigenvalue weighted by Crippen LogP contribution is 2.28. The third-order valence-corrected chi connectivity index (χ3v) is 5.72. The van der Waals surface area contributed by atoms with E-state index in [2.05, 4.69) is 10.6 Å². The van der Waals surface area contributed by atoms with Gasteiger partial charge in [-0.1, -0.05) is 25.7 Å². The van der Waals surface area contributed by atoms with Gasteiger partial charge in [0.2, 0.25) is 0 Å². The summed E-state index contributed by atoms with van der Waals surface area (Å²) in [5, 5.41) is 15.7. The fourth-order valence-corrected chi connectivity index (χ4v) is 4.09. The van der Waals surface area contributed by atoms with Gasteiger partial charge >= 0.3 is 11.8 Å². The highest BCUT2D eigenvalue weighted by Gasteiger charge is 2.20. The van der Waals surface area contributed by atoms with Gasteiger partial charge in [0.05, 0.1) is 12.8 Å². The Morgan fingerprint density at radius 3 is 2.62 bits per heavy atom. The molecule has 2 aromatic rings. The van der Waals surface area contributed by atoms with E-state index in [1.165, 1.54) is 30.4 Å². The lowest BCUT2D eigenvalue weighted by Crippen LogP contribution is -2.44. The monoisotopic (exact) mass is 376 g/mol. The zero-order chi connectivity index (χ0) is 18.4. The summed E-state index contributed by atoms with van der Waals surface area (Å²) in [5.74, 6) is -0.703. The van der Waals surface area contributed by atoms with Crippen molar-refractivity contribution >= 4 is 23.2 Å². The molecule has 1 saturated carbocycles. The molecule has 1 aliphatic carbocycles. The molecular formula is C19H24N2O4S. The second kappa shape index (κ2) is 9.00. The van der Waals surface area contributed by atoms with E-state index in [1.807, 2.05) is 6.07 Å². The largest absolute Gasteiger partial charge is 0.466 e. The number of rotatable bonds is 5. The van der Waals surface area contributed by atoms with Crippen molar-refractivity contribution in [3.8, 4) is 0 Å². The van der Waals surface area contributed by atoms with E-state index in [0.29, 0.717) is 5.76 Å². The lowest BCUT2D eigenvalue weighted by atomic mass is 10.1. The SMILES string of the molecule is O=C(NCc1ccc(C(O)c2ccco2)s1)C(=O)NC1CCCCCC1. The maximum absolute atomic E-state index is 12.0. The summed E-state index contributed by atoms with van der Waals surface area (Å²) in [7, 11) is 0. The summed E-state index contributed by atoms with van der Waals surface area (Å²) in [6, 6.07) is 7.16. The van der Waals surface area contributed by atoms with E-state index in [-0.39, 0.29) is 12.6 Å². The molecule has 140 valence electrons. The summed E-state index contributed by atoms with van der Waals surface area (Å²) in [6.45, 7) is 0.256. The van der Waals surface area contributed by atoms with Crippen LogP contribution in [-0.4, -0.2) is 23.0 Å². The number of nitrogens with one attached hydrogen (secondary N) is 2. The fourth-order valence-electron chi connectivity index (χ4n) is 3.15. The molecule has 1 atom stereocenters. The van der Waals surface area contributed by atoms with Crippen molar-refractivity contribution in [1.82, 2.24) is 10.6 Å². The Hall–Kier alpha value is -2.12. The Morgan fingerprint density at radius 1 is 1.15 bits per heavy atom. The van der Waals surface area contributed by atoms with Crippen LogP contribution >= 0.6 is 11.3 Å². The first-order chi connectivity index (χ1) is 12.6. The lowest BCUT2D eigenvalue weighted by molar-refractivity contribution is -0.139. The molecule has 1 unspecified atom stereocenters. The molecule has 3 N–H and O–H groups in total. The molecule has 6 nitrogen and oxygen atoms in total. The van der Waals surface area contributed by atoms with Gasteiger partial charge in [-0.05, 0) is 37.1 Å². The van der Waals surface area contributed by atoms with Gasteiger partial charge in [0, 0.05) is 15.8 Å². The van der Waals surface area contributed by atoms with Crippen LogP contribution in [0.5, 0.6) is 0 Å². The van der Waals surface area contributed by atoms with Crippen LogP contribution in [0.2, 0.25) is 0 Å². The van der Waals surface area contributed by atoms with Crippen molar-refractivity contribution in [3.05, 3.63) is 46.0 Å². The van der Waals surface area contributed by atoms with E-state index < -0.39 is 17.9 Å². The molecule has 0 bridgehead atoms. The first kappa shape index (κ1) is 18.7. The van der Waals surface area contributed by atoms with Gasteiger partial charge in [-0.15, -0.1) is 11.3 Å². The molecule has 0 aromatic carbocycles. The minimum absolute atomic E-state index is 0.104. The van der Waals surface area contributed by atoms with Crippen LogP contribution < -0.4 is 10.6 Å². The van der Waals surface area contributed by atoms with Crippen LogP contribution in [0.4, 0.5) is 0 Å². The summed E-state index contributed by atoms with van der Waals surface area (Å²) < 4.78 is 5.20. The zero-order valence-electron chi connectivity index (χ0n) is 14.6. The van der Waals surface area contributed by atoms with Gasteiger partial charge in [0.25, 0.3) is 0 Å². The summed E-state index contributed by atoms with van der Waals surface area (Å²) in [5.41, 5.74) is 0. The number of amides is 2. The Labute approximate surface area is 156 Å². The molecule has 2 amide bonds. The van der Waals surface area contributed by atoms with Crippen LogP contribution in [0.25, 0.3) is 0 Å². The van der Waals surface area contributed by atoms with Crippen molar-refractivity contribution in [2.75, 3.05) is 0 Å². The Balaban J connectivity index is 1.47. The average Bonchev–Trinajstić information content (AvgIpc) is 3.28. The van der Waals surface area contributed by atoms with E-state index >= 15 is 0 Å². The summed E-state index contributed by atoms with van der Waals surface area (Å²) in [4.78, 5) is 25.7. The first-order valence-corrected chi connectivity index (χ1v) is 9.84. The van der Waals surface area contributed by atoms with E-state index in [9.17, 15) is 14.7 Å². The van der Waals surface area contributed by atoms with Crippen molar-refractivity contribution < 1.29 is 19.1 Å². The Bertz CT molecular complexity index is 718. The number of hydrogen-bond acceptors (Lipinski definition) is 5. The van der Waals surface area contributed by atoms with Gasteiger partial charge < -0.3 is 20.2 Å². The normalized spacial score (nSPS) is 16.7. The molecule has 2 heterocycles. The van der Waals surface area contributed by atoms with Crippen LogP contribution in [0, 0.1) is 0 Å². The smallest absolute Gasteiger partial charge is 0.309 e. The van der Waals surface area contributed by atoms with Crippen LogP contribution in [0.3, 0.4) is 0 Å². The number of carbonyl (C=O) groups excluding carboxylic acids is 2. The molecule has 0 spiro atoms. The number of aliphatic hydroxyl groups excluding tert-OH is 1. The fraction of sp³-hybridized carbons (Fsp3) is 0.474. The molecule has 2 aromatic heterocycles. The van der Waals surface area contributed by atoms with Gasteiger partial charge in [0.15, 0.2) is 0 Å². The topological polar surface area (TPSA) is 91.6 Å². The second-order valence-corrected chi connectivity index (χ2v) is 7.77. The van der Waals surface area contributed by atoms with Crippen molar-refractivity contribution in [2.45, 2.75) is 57.2 Å². The van der Waals surface area contributed by atoms with E-state index in [0.717, 1.165) is 35.4 Å². The maximum Gasteiger partial charge on any atom is 0.309 e. The number of hydrogen-bond donors (Lipinski definition) is 3. The lowest BCUT2D eigenvalue weighted by Gasteiger charge is -2.15. The average molecular weight is 376 g/mol. The second-order valence-electron chi connectivity index (χ2n) is 6.57. The molecule has 0 aliphatic heterocycles. The van der Waals surface area contributed by atoms with Crippen LogP contribution in [0.15, 0.2) is 34.9 Å². The van der Waals surface area contributed by atoms with Crippen molar-refractivity contribution in [3.63, 3.8) is 0 Å². The minimum atomic E-state index is -0.821. The zero-order valence-corrected chi connectivity index (χ0v) is 15.4. The van der Waals surface area contributed by atoms with Gasteiger partial charge in [-0.25, -0.2) is 0 Å². The van der Waals surface area contributed by atoms with E-state index in [4.69, 9.17) is 4.42 Å². The third kappa shape index (κ3) is 4.95. The molecule has 26 heavy (non-hydrogen) atoms. The van der Waals surface area contributed by atoms with E-state index in [1.54, 1.807) is 18.2 Å². The molecule has 1 fully saturated rings.